The van der Waals surface area contributed by atoms with Crippen LogP contribution >= 0.6 is 0 Å². The molecular formula is C17H28N2. The minimum Gasteiger partial charge on any atom is -0.371 e. The summed E-state index contributed by atoms with van der Waals surface area (Å²) in [6.07, 6.45) is 1.36. The van der Waals surface area contributed by atoms with Gasteiger partial charge >= 0.3 is 0 Å². The van der Waals surface area contributed by atoms with Crippen LogP contribution in [0.5, 0.6) is 0 Å². The van der Waals surface area contributed by atoms with E-state index in [2.05, 4.69) is 62.2 Å². The topological polar surface area (TPSA) is 15.3 Å². The summed E-state index contributed by atoms with van der Waals surface area (Å²) in [5.41, 5.74) is 2.86. The number of nitrogens with one attached hydrogen (secondary N) is 1. The van der Waals surface area contributed by atoms with Crippen LogP contribution in [-0.4, -0.2) is 19.6 Å². The molecule has 0 aromatic heterocycles. The van der Waals surface area contributed by atoms with Gasteiger partial charge in [0, 0.05) is 24.8 Å². The van der Waals surface area contributed by atoms with Crippen LogP contribution in [0.15, 0.2) is 24.3 Å². The van der Waals surface area contributed by atoms with E-state index in [1.54, 1.807) is 0 Å². The SMILES string of the molecule is CCNC(C)c1ccccc1N1CC(C)CC(C)C1. The van der Waals surface area contributed by atoms with Crippen LogP contribution in [0.25, 0.3) is 0 Å². The first-order valence-corrected chi connectivity index (χ1v) is 7.69. The lowest BCUT2D eigenvalue weighted by Gasteiger charge is -2.38. The zero-order valence-corrected chi connectivity index (χ0v) is 12.8. The lowest BCUT2D eigenvalue weighted by atomic mass is 9.90. The van der Waals surface area contributed by atoms with Gasteiger partial charge in [-0.25, -0.2) is 0 Å². The number of hydrogen-bond donors (Lipinski definition) is 1. The molecule has 106 valence electrons. The molecule has 3 atom stereocenters. The number of rotatable bonds is 4. The smallest absolute Gasteiger partial charge is 0.0414 e. The predicted octanol–water partition coefficient (Wildman–Crippen LogP) is 3.84. The maximum atomic E-state index is 3.54. The molecule has 1 aromatic rings. The van der Waals surface area contributed by atoms with Gasteiger partial charge in [0.05, 0.1) is 0 Å². The van der Waals surface area contributed by atoms with Gasteiger partial charge < -0.3 is 10.2 Å². The van der Waals surface area contributed by atoms with Gasteiger partial charge in [-0.15, -0.1) is 0 Å². The number of hydrogen-bond acceptors (Lipinski definition) is 2. The van der Waals surface area contributed by atoms with Crippen molar-refractivity contribution in [1.82, 2.24) is 5.32 Å². The van der Waals surface area contributed by atoms with Crippen molar-refractivity contribution in [2.45, 2.75) is 40.2 Å². The fourth-order valence-corrected chi connectivity index (χ4v) is 3.42. The fraction of sp³-hybridized carbons (Fsp3) is 0.647. The number of para-hydroxylation sites is 1. The molecular weight excluding hydrogens is 232 g/mol. The van der Waals surface area contributed by atoms with E-state index in [0.29, 0.717) is 6.04 Å². The zero-order valence-electron chi connectivity index (χ0n) is 12.8. The first-order chi connectivity index (χ1) is 9.11. The van der Waals surface area contributed by atoms with E-state index < -0.39 is 0 Å². The van der Waals surface area contributed by atoms with E-state index in [4.69, 9.17) is 0 Å². The molecule has 3 unspecified atom stereocenters. The standard InChI is InChI=1S/C17H28N2/c1-5-18-15(4)16-8-6-7-9-17(16)19-11-13(2)10-14(3)12-19/h6-9,13-15,18H,5,10-12H2,1-4H3. The van der Waals surface area contributed by atoms with Gasteiger partial charge in [0.2, 0.25) is 0 Å². The Morgan fingerprint density at radius 3 is 2.47 bits per heavy atom. The normalized spacial score (nSPS) is 25.4. The Balaban J connectivity index is 2.23. The lowest BCUT2D eigenvalue weighted by molar-refractivity contribution is 0.356. The molecule has 0 aliphatic carbocycles. The maximum Gasteiger partial charge on any atom is 0.0414 e. The van der Waals surface area contributed by atoms with Crippen molar-refractivity contribution in [3.8, 4) is 0 Å². The molecule has 1 saturated heterocycles. The molecule has 1 aliphatic rings. The van der Waals surface area contributed by atoms with Gasteiger partial charge in [-0.05, 0) is 43.4 Å². The average molecular weight is 260 g/mol. The van der Waals surface area contributed by atoms with E-state index in [1.165, 1.54) is 30.8 Å². The molecule has 2 heteroatoms. The third kappa shape index (κ3) is 3.50. The molecule has 2 rings (SSSR count). The number of benzene rings is 1. The Labute approximate surface area is 118 Å². The van der Waals surface area contributed by atoms with Crippen molar-refractivity contribution in [3.63, 3.8) is 0 Å². The van der Waals surface area contributed by atoms with Crippen molar-refractivity contribution >= 4 is 5.69 Å². The monoisotopic (exact) mass is 260 g/mol. The molecule has 1 heterocycles. The summed E-state index contributed by atoms with van der Waals surface area (Å²) in [5.74, 6) is 1.59. The molecule has 0 spiro atoms. The highest BCUT2D eigenvalue weighted by Gasteiger charge is 2.24. The molecule has 1 N–H and O–H groups in total. The fourth-order valence-electron chi connectivity index (χ4n) is 3.42. The second-order valence-corrected chi connectivity index (χ2v) is 6.19. The van der Waals surface area contributed by atoms with Crippen LogP contribution in [-0.2, 0) is 0 Å². The second-order valence-electron chi connectivity index (χ2n) is 6.19. The second kappa shape index (κ2) is 6.42. The maximum absolute atomic E-state index is 3.54. The van der Waals surface area contributed by atoms with Crippen LogP contribution in [0, 0.1) is 11.8 Å². The molecule has 0 radical (unpaired) electrons. The Hall–Kier alpha value is -1.02. The van der Waals surface area contributed by atoms with E-state index in [-0.39, 0.29) is 0 Å². The van der Waals surface area contributed by atoms with E-state index >= 15 is 0 Å². The van der Waals surface area contributed by atoms with E-state index in [1.807, 2.05) is 0 Å². The van der Waals surface area contributed by atoms with Gasteiger partial charge in [0.15, 0.2) is 0 Å². The molecule has 19 heavy (non-hydrogen) atoms. The van der Waals surface area contributed by atoms with Crippen molar-refractivity contribution in [1.29, 1.82) is 0 Å². The summed E-state index contributed by atoms with van der Waals surface area (Å²) in [7, 11) is 0. The van der Waals surface area contributed by atoms with Crippen molar-refractivity contribution in [2.75, 3.05) is 24.5 Å². The quantitative estimate of drug-likeness (QED) is 0.885. The highest BCUT2D eigenvalue weighted by Crippen LogP contribution is 2.31. The van der Waals surface area contributed by atoms with Crippen LogP contribution < -0.4 is 10.2 Å². The Kier molecular flexibility index (Phi) is 4.87. The van der Waals surface area contributed by atoms with Crippen LogP contribution in [0.2, 0.25) is 0 Å². The molecule has 1 aliphatic heterocycles. The van der Waals surface area contributed by atoms with Gasteiger partial charge in [0.25, 0.3) is 0 Å². The molecule has 1 aromatic carbocycles. The summed E-state index contributed by atoms with van der Waals surface area (Å²) in [6.45, 7) is 12.6. The third-order valence-electron chi connectivity index (χ3n) is 4.12. The molecule has 1 fully saturated rings. The summed E-state index contributed by atoms with van der Waals surface area (Å²) >= 11 is 0. The van der Waals surface area contributed by atoms with Crippen LogP contribution in [0.4, 0.5) is 5.69 Å². The minimum absolute atomic E-state index is 0.425. The number of anilines is 1. The van der Waals surface area contributed by atoms with Crippen molar-refractivity contribution < 1.29 is 0 Å². The third-order valence-corrected chi connectivity index (χ3v) is 4.12. The molecule has 0 saturated carbocycles. The number of piperidine rings is 1. The van der Waals surface area contributed by atoms with Gasteiger partial charge in [-0.3, -0.25) is 0 Å². The van der Waals surface area contributed by atoms with E-state index in [0.717, 1.165) is 18.4 Å². The van der Waals surface area contributed by atoms with Gasteiger partial charge in [0.1, 0.15) is 0 Å². The summed E-state index contributed by atoms with van der Waals surface area (Å²) < 4.78 is 0. The largest absolute Gasteiger partial charge is 0.371 e. The first-order valence-electron chi connectivity index (χ1n) is 7.69. The Morgan fingerprint density at radius 2 is 1.84 bits per heavy atom. The van der Waals surface area contributed by atoms with Crippen LogP contribution in [0.3, 0.4) is 0 Å². The summed E-state index contributed by atoms with van der Waals surface area (Å²) in [5, 5.41) is 3.54. The van der Waals surface area contributed by atoms with Gasteiger partial charge in [-0.1, -0.05) is 39.0 Å². The van der Waals surface area contributed by atoms with Crippen molar-refractivity contribution in [2.24, 2.45) is 11.8 Å². The summed E-state index contributed by atoms with van der Waals surface area (Å²) in [6, 6.07) is 9.31. The molecule has 0 amide bonds. The average Bonchev–Trinajstić information content (AvgIpc) is 2.38. The first kappa shape index (κ1) is 14.4. The van der Waals surface area contributed by atoms with Gasteiger partial charge in [-0.2, -0.15) is 0 Å². The summed E-state index contributed by atoms with van der Waals surface area (Å²) in [4.78, 5) is 2.59. The predicted molar refractivity (Wildman–Crippen MR) is 83.7 cm³/mol. The number of nitrogens with zero attached hydrogens (tertiary/aromatic N) is 1. The Bertz CT molecular complexity index is 392. The zero-order chi connectivity index (χ0) is 13.8. The highest BCUT2D eigenvalue weighted by atomic mass is 15.1. The highest BCUT2D eigenvalue weighted by molar-refractivity contribution is 5.55. The van der Waals surface area contributed by atoms with E-state index in [9.17, 15) is 0 Å². The Morgan fingerprint density at radius 1 is 1.21 bits per heavy atom. The molecule has 0 bridgehead atoms. The minimum atomic E-state index is 0.425. The van der Waals surface area contributed by atoms with Crippen LogP contribution in [0.1, 0.15) is 45.7 Å². The lowest BCUT2D eigenvalue weighted by Crippen LogP contribution is -2.39. The van der Waals surface area contributed by atoms with Crippen molar-refractivity contribution in [3.05, 3.63) is 29.8 Å². The molecule has 2 nitrogen and oxygen atoms in total.